The molecule has 1 atom stereocenters. The van der Waals surface area contributed by atoms with E-state index >= 15 is 0 Å². The van der Waals surface area contributed by atoms with Crippen molar-refractivity contribution in [3.8, 4) is 0 Å². The summed E-state index contributed by atoms with van der Waals surface area (Å²) in [5, 5.41) is 0.421. The van der Waals surface area contributed by atoms with Crippen LogP contribution in [0.3, 0.4) is 0 Å². The zero-order valence-electron chi connectivity index (χ0n) is 8.48. The number of hydrogen-bond acceptors (Lipinski definition) is 2. The molecular formula is C11H13ClO2S. The monoisotopic (exact) mass is 244 g/mol. The number of aryl methyl sites for hydroxylation is 1. The van der Waals surface area contributed by atoms with E-state index in [-0.39, 0.29) is 5.75 Å². The van der Waals surface area contributed by atoms with Crippen LogP contribution in [-0.2, 0) is 9.84 Å². The average Bonchev–Trinajstić information content (AvgIpc) is 2.18. The molecule has 1 aromatic carbocycles. The van der Waals surface area contributed by atoms with Crippen LogP contribution in [-0.4, -0.2) is 14.2 Å². The fourth-order valence-corrected chi connectivity index (χ4v) is 2.55. The zero-order valence-corrected chi connectivity index (χ0v) is 10.1. The van der Waals surface area contributed by atoms with Gasteiger partial charge in [-0.1, -0.05) is 36.4 Å². The first-order chi connectivity index (χ1) is 6.94. The molecule has 0 N–H and O–H groups in total. The normalized spacial score (nSPS) is 13.5. The van der Waals surface area contributed by atoms with Gasteiger partial charge in [0.15, 0.2) is 9.84 Å². The van der Waals surface area contributed by atoms with Crippen LogP contribution in [0.15, 0.2) is 36.3 Å². The van der Waals surface area contributed by atoms with Gasteiger partial charge in [0.1, 0.15) is 0 Å². The van der Waals surface area contributed by atoms with Crippen LogP contribution in [0.25, 0.3) is 0 Å². The summed E-state index contributed by atoms with van der Waals surface area (Å²) < 4.78 is 22.5. The van der Waals surface area contributed by atoms with E-state index in [4.69, 9.17) is 11.6 Å². The number of sulfone groups is 1. The Kier molecular flexibility index (Phi) is 3.94. The van der Waals surface area contributed by atoms with Gasteiger partial charge in [0, 0.05) is 5.41 Å². The van der Waals surface area contributed by atoms with Crippen molar-refractivity contribution in [1.29, 1.82) is 0 Å². The van der Waals surface area contributed by atoms with Gasteiger partial charge in [-0.15, -0.1) is 11.6 Å². The molecule has 0 heterocycles. The maximum absolute atomic E-state index is 11.2. The highest BCUT2D eigenvalue weighted by atomic mass is 35.5. The van der Waals surface area contributed by atoms with Gasteiger partial charge in [-0.2, -0.15) is 0 Å². The molecule has 0 spiro atoms. The zero-order chi connectivity index (χ0) is 11.5. The molecule has 1 unspecified atom stereocenters. The Hall–Kier alpha value is -0.800. The third kappa shape index (κ3) is 3.68. The minimum atomic E-state index is -3.25. The first kappa shape index (κ1) is 12.3. The second-order valence-electron chi connectivity index (χ2n) is 3.37. The van der Waals surface area contributed by atoms with Crippen molar-refractivity contribution in [2.24, 2.45) is 0 Å². The van der Waals surface area contributed by atoms with E-state index in [0.717, 1.165) is 16.5 Å². The Balaban J connectivity index is 2.82. The molecule has 0 saturated heterocycles. The lowest BCUT2D eigenvalue weighted by atomic mass is 10.1. The third-order valence-corrected chi connectivity index (χ3v) is 3.97. The van der Waals surface area contributed by atoms with Crippen LogP contribution in [0, 0.1) is 6.92 Å². The van der Waals surface area contributed by atoms with Crippen molar-refractivity contribution in [3.05, 3.63) is 47.4 Å². The predicted molar refractivity (Wildman–Crippen MR) is 63.8 cm³/mol. The summed E-state index contributed by atoms with van der Waals surface area (Å²) in [4.78, 5) is 0. The molecule has 0 aliphatic rings. The molecule has 0 aliphatic carbocycles. The third-order valence-electron chi connectivity index (χ3n) is 2.07. The predicted octanol–water partition coefficient (Wildman–Crippen LogP) is 2.83. The molecule has 82 valence electrons. The van der Waals surface area contributed by atoms with Gasteiger partial charge in [-0.25, -0.2) is 8.42 Å². The van der Waals surface area contributed by atoms with E-state index in [2.05, 4.69) is 6.58 Å². The topological polar surface area (TPSA) is 34.1 Å². The summed E-state index contributed by atoms with van der Waals surface area (Å²) in [6, 6.07) is 7.49. The molecule has 4 heteroatoms. The lowest BCUT2D eigenvalue weighted by Crippen LogP contribution is -2.07. The van der Waals surface area contributed by atoms with E-state index in [1.807, 2.05) is 31.2 Å². The van der Waals surface area contributed by atoms with E-state index < -0.39 is 15.2 Å². The highest BCUT2D eigenvalue weighted by Gasteiger charge is 2.15. The van der Waals surface area contributed by atoms with E-state index in [1.54, 1.807) is 0 Å². The maximum atomic E-state index is 11.2. The molecule has 0 fully saturated rings. The molecule has 2 nitrogen and oxygen atoms in total. The fraction of sp³-hybridized carbons (Fsp3) is 0.273. The number of hydrogen-bond donors (Lipinski definition) is 0. The first-order valence-corrected chi connectivity index (χ1v) is 6.65. The summed E-state index contributed by atoms with van der Waals surface area (Å²) in [7, 11) is -3.25. The molecule has 0 radical (unpaired) electrons. The number of rotatable bonds is 4. The molecule has 0 bridgehead atoms. The molecule has 1 rings (SSSR count). The van der Waals surface area contributed by atoms with Crippen LogP contribution in [0.5, 0.6) is 0 Å². The second kappa shape index (κ2) is 4.81. The van der Waals surface area contributed by atoms with Crippen LogP contribution >= 0.6 is 11.6 Å². The Morgan fingerprint density at radius 2 is 1.93 bits per heavy atom. The van der Waals surface area contributed by atoms with Crippen LogP contribution in [0.4, 0.5) is 0 Å². The smallest absolute Gasteiger partial charge is 0.172 e. The van der Waals surface area contributed by atoms with Crippen molar-refractivity contribution >= 4 is 21.4 Å². The first-order valence-electron chi connectivity index (χ1n) is 4.50. The van der Waals surface area contributed by atoms with Crippen LogP contribution in [0.1, 0.15) is 16.5 Å². The lowest BCUT2D eigenvalue weighted by Gasteiger charge is -2.08. The van der Waals surface area contributed by atoms with Crippen LogP contribution < -0.4 is 0 Å². The number of halogens is 1. The number of alkyl halides is 1. The molecule has 0 aliphatic heterocycles. The van der Waals surface area contributed by atoms with Gasteiger partial charge in [0.25, 0.3) is 0 Å². The Bertz CT molecular complexity index is 434. The standard InChI is InChI=1S/C11H13ClO2S/c1-3-15(13,14)8-11(12)10-6-4-9(2)5-7-10/h3-7,11H,1,8H2,2H3. The van der Waals surface area contributed by atoms with Crippen molar-refractivity contribution in [3.63, 3.8) is 0 Å². The van der Waals surface area contributed by atoms with Gasteiger partial charge in [0.2, 0.25) is 0 Å². The molecule has 0 amide bonds. The minimum Gasteiger partial charge on any atom is -0.224 e. The quantitative estimate of drug-likeness (QED) is 0.764. The highest BCUT2D eigenvalue weighted by molar-refractivity contribution is 7.94. The lowest BCUT2D eigenvalue weighted by molar-refractivity contribution is 0.603. The van der Waals surface area contributed by atoms with E-state index in [9.17, 15) is 8.42 Å². The van der Waals surface area contributed by atoms with Gasteiger partial charge < -0.3 is 0 Å². The minimum absolute atomic E-state index is 0.110. The Labute approximate surface area is 95.5 Å². The SMILES string of the molecule is C=CS(=O)(=O)CC(Cl)c1ccc(C)cc1. The van der Waals surface area contributed by atoms with Crippen LogP contribution in [0.2, 0.25) is 0 Å². The van der Waals surface area contributed by atoms with E-state index in [1.165, 1.54) is 0 Å². The van der Waals surface area contributed by atoms with Crippen molar-refractivity contribution < 1.29 is 8.42 Å². The molecule has 0 aromatic heterocycles. The summed E-state index contributed by atoms with van der Waals surface area (Å²) in [6.07, 6.45) is 0. The largest absolute Gasteiger partial charge is 0.224 e. The van der Waals surface area contributed by atoms with Crippen molar-refractivity contribution in [2.75, 3.05) is 5.75 Å². The molecular weight excluding hydrogens is 232 g/mol. The second-order valence-corrected chi connectivity index (χ2v) is 5.89. The van der Waals surface area contributed by atoms with Gasteiger partial charge in [-0.3, -0.25) is 0 Å². The number of benzene rings is 1. The van der Waals surface area contributed by atoms with E-state index in [0.29, 0.717) is 0 Å². The summed E-state index contributed by atoms with van der Waals surface area (Å²) in [5.41, 5.74) is 1.93. The molecule has 15 heavy (non-hydrogen) atoms. The van der Waals surface area contributed by atoms with Gasteiger partial charge in [0.05, 0.1) is 11.1 Å². The van der Waals surface area contributed by atoms with Crippen molar-refractivity contribution in [1.82, 2.24) is 0 Å². The Morgan fingerprint density at radius 1 is 1.40 bits per heavy atom. The van der Waals surface area contributed by atoms with Crippen molar-refractivity contribution in [2.45, 2.75) is 12.3 Å². The van der Waals surface area contributed by atoms with Gasteiger partial charge >= 0.3 is 0 Å². The average molecular weight is 245 g/mol. The highest BCUT2D eigenvalue weighted by Crippen LogP contribution is 2.22. The summed E-state index contributed by atoms with van der Waals surface area (Å²) in [5.74, 6) is -0.110. The summed E-state index contributed by atoms with van der Waals surface area (Å²) >= 11 is 5.99. The molecule has 0 saturated carbocycles. The Morgan fingerprint density at radius 3 is 2.40 bits per heavy atom. The fourth-order valence-electron chi connectivity index (χ4n) is 1.14. The maximum Gasteiger partial charge on any atom is 0.172 e. The van der Waals surface area contributed by atoms with Gasteiger partial charge in [-0.05, 0) is 12.5 Å². The summed E-state index contributed by atoms with van der Waals surface area (Å²) in [6.45, 7) is 5.21. The molecule has 1 aromatic rings.